The number of thiophene rings is 1. The van der Waals surface area contributed by atoms with Gasteiger partial charge in [0.15, 0.2) is 0 Å². The van der Waals surface area contributed by atoms with Crippen molar-refractivity contribution in [1.29, 1.82) is 0 Å². The summed E-state index contributed by atoms with van der Waals surface area (Å²) in [5.41, 5.74) is 5.72. The van der Waals surface area contributed by atoms with Crippen LogP contribution >= 0.6 is 27.3 Å². The van der Waals surface area contributed by atoms with E-state index in [9.17, 15) is 8.42 Å². The van der Waals surface area contributed by atoms with Gasteiger partial charge in [-0.3, -0.25) is 0 Å². The third kappa shape index (κ3) is 2.80. The Labute approximate surface area is 120 Å². The smallest absolute Gasteiger partial charge is 0.252 e. The van der Waals surface area contributed by atoms with Gasteiger partial charge in [0.1, 0.15) is 4.21 Å². The maximum absolute atomic E-state index is 12.5. The summed E-state index contributed by atoms with van der Waals surface area (Å²) >= 11 is 4.55. The van der Waals surface area contributed by atoms with Crippen molar-refractivity contribution in [2.24, 2.45) is 11.7 Å². The second-order valence-corrected chi connectivity index (χ2v) is 9.27. The van der Waals surface area contributed by atoms with Gasteiger partial charge in [-0.25, -0.2) is 8.42 Å². The Bertz CT molecular complexity index is 515. The lowest BCUT2D eigenvalue weighted by Crippen LogP contribution is -2.48. The van der Waals surface area contributed by atoms with Crippen LogP contribution in [0.5, 0.6) is 0 Å². The van der Waals surface area contributed by atoms with Crippen LogP contribution in [0.2, 0.25) is 0 Å². The van der Waals surface area contributed by atoms with Crippen LogP contribution in [-0.4, -0.2) is 31.9 Å². The number of hydrogen-bond acceptors (Lipinski definition) is 4. The molecule has 0 aliphatic carbocycles. The monoisotopic (exact) mass is 352 g/mol. The molecular weight excluding hydrogens is 336 g/mol. The maximum atomic E-state index is 12.5. The number of nitrogens with zero attached hydrogens (tertiary/aromatic N) is 1. The highest BCUT2D eigenvalue weighted by Crippen LogP contribution is 2.32. The SMILES string of the molecule is CC1CCN(S(=O)(=O)c2ccc(Br)s2)C(CN)C1. The summed E-state index contributed by atoms with van der Waals surface area (Å²) < 4.78 is 27.9. The van der Waals surface area contributed by atoms with Crippen LogP contribution < -0.4 is 5.73 Å². The van der Waals surface area contributed by atoms with Crippen LogP contribution in [0.1, 0.15) is 19.8 Å². The Kier molecular flexibility index (Phi) is 4.48. The molecule has 1 aliphatic rings. The first-order valence-electron chi connectivity index (χ1n) is 5.92. The summed E-state index contributed by atoms with van der Waals surface area (Å²) in [4.78, 5) is 0. The Morgan fingerprint density at radius 1 is 1.56 bits per heavy atom. The van der Waals surface area contributed by atoms with Gasteiger partial charge in [-0.05, 0) is 46.8 Å². The lowest BCUT2D eigenvalue weighted by atomic mass is 9.94. The molecule has 0 radical (unpaired) electrons. The lowest BCUT2D eigenvalue weighted by molar-refractivity contribution is 0.211. The van der Waals surface area contributed by atoms with Gasteiger partial charge in [0.25, 0.3) is 10.0 Å². The Morgan fingerprint density at radius 2 is 2.28 bits per heavy atom. The molecule has 1 aromatic heterocycles. The summed E-state index contributed by atoms with van der Waals surface area (Å²) in [6.45, 7) is 3.10. The predicted molar refractivity (Wildman–Crippen MR) is 77.2 cm³/mol. The molecule has 0 saturated carbocycles. The second kappa shape index (κ2) is 5.58. The third-order valence-electron chi connectivity index (χ3n) is 3.31. The van der Waals surface area contributed by atoms with Gasteiger partial charge < -0.3 is 5.73 Å². The van der Waals surface area contributed by atoms with Crippen LogP contribution in [0.4, 0.5) is 0 Å². The zero-order valence-electron chi connectivity index (χ0n) is 10.2. The van der Waals surface area contributed by atoms with Crippen LogP contribution in [-0.2, 0) is 10.0 Å². The van der Waals surface area contributed by atoms with Crippen LogP contribution in [0, 0.1) is 5.92 Å². The number of piperidine rings is 1. The van der Waals surface area contributed by atoms with Crippen molar-refractivity contribution in [3.05, 3.63) is 15.9 Å². The average Bonchev–Trinajstić information content (AvgIpc) is 2.76. The number of sulfonamides is 1. The summed E-state index contributed by atoms with van der Waals surface area (Å²) in [5.74, 6) is 0.542. The van der Waals surface area contributed by atoms with Gasteiger partial charge in [0.2, 0.25) is 0 Å². The van der Waals surface area contributed by atoms with Crippen molar-refractivity contribution in [2.75, 3.05) is 13.1 Å². The normalized spacial score (nSPS) is 26.4. The van der Waals surface area contributed by atoms with E-state index in [1.165, 1.54) is 11.3 Å². The maximum Gasteiger partial charge on any atom is 0.252 e. The highest BCUT2D eigenvalue weighted by Gasteiger charge is 2.35. The zero-order chi connectivity index (χ0) is 13.3. The highest BCUT2D eigenvalue weighted by molar-refractivity contribution is 9.11. The molecule has 4 nitrogen and oxygen atoms in total. The Morgan fingerprint density at radius 3 is 2.83 bits per heavy atom. The Balaban J connectivity index is 2.29. The summed E-state index contributed by atoms with van der Waals surface area (Å²) in [6.07, 6.45) is 1.75. The van der Waals surface area contributed by atoms with E-state index in [2.05, 4.69) is 22.9 Å². The number of halogens is 1. The predicted octanol–water partition coefficient (Wildman–Crippen LogP) is 2.26. The van der Waals surface area contributed by atoms with E-state index in [1.807, 2.05) is 0 Å². The fourth-order valence-corrected chi connectivity index (χ4v) is 6.11. The van der Waals surface area contributed by atoms with E-state index < -0.39 is 10.0 Å². The first-order chi connectivity index (χ1) is 8.45. The molecule has 2 unspecified atom stereocenters. The summed E-state index contributed by atoms with van der Waals surface area (Å²) in [5, 5.41) is 0. The molecule has 0 bridgehead atoms. The Hall–Kier alpha value is 0.0500. The van der Waals surface area contributed by atoms with Gasteiger partial charge in [-0.15, -0.1) is 11.3 Å². The molecule has 1 fully saturated rings. The first-order valence-corrected chi connectivity index (χ1v) is 8.97. The minimum Gasteiger partial charge on any atom is -0.329 e. The van der Waals surface area contributed by atoms with Gasteiger partial charge in [-0.2, -0.15) is 4.31 Å². The fraction of sp³-hybridized carbons (Fsp3) is 0.636. The number of rotatable bonds is 3. The molecule has 2 heterocycles. The van der Waals surface area contributed by atoms with Crippen LogP contribution in [0.15, 0.2) is 20.1 Å². The molecule has 7 heteroatoms. The molecule has 1 saturated heterocycles. The molecular formula is C11H17BrN2O2S2. The van der Waals surface area contributed by atoms with Crippen molar-refractivity contribution < 1.29 is 8.42 Å². The zero-order valence-corrected chi connectivity index (χ0v) is 13.4. The molecule has 0 amide bonds. The fourth-order valence-electron chi connectivity index (χ4n) is 2.31. The summed E-state index contributed by atoms with van der Waals surface area (Å²) in [7, 11) is -3.38. The molecule has 102 valence electrons. The lowest BCUT2D eigenvalue weighted by Gasteiger charge is -2.36. The van der Waals surface area contributed by atoms with Gasteiger partial charge in [0, 0.05) is 19.1 Å². The standard InChI is InChI=1S/C11H17BrN2O2S2/c1-8-4-5-14(9(6-8)7-13)18(15,16)11-3-2-10(12)17-11/h2-3,8-9H,4-7,13H2,1H3. The van der Waals surface area contributed by atoms with E-state index >= 15 is 0 Å². The molecule has 2 rings (SSSR count). The average molecular weight is 353 g/mol. The van der Waals surface area contributed by atoms with E-state index in [4.69, 9.17) is 5.73 Å². The van der Waals surface area contributed by atoms with E-state index in [1.54, 1.807) is 16.4 Å². The van der Waals surface area contributed by atoms with Crippen LogP contribution in [0.3, 0.4) is 0 Å². The first kappa shape index (κ1) is 14.5. The molecule has 2 N–H and O–H groups in total. The van der Waals surface area contributed by atoms with E-state index in [-0.39, 0.29) is 6.04 Å². The minimum absolute atomic E-state index is 0.0698. The third-order valence-corrected chi connectivity index (χ3v) is 7.35. The molecule has 2 atom stereocenters. The van der Waals surface area contributed by atoms with Crippen molar-refractivity contribution in [3.63, 3.8) is 0 Å². The quantitative estimate of drug-likeness (QED) is 0.907. The van der Waals surface area contributed by atoms with E-state index in [0.29, 0.717) is 23.2 Å². The number of hydrogen-bond donors (Lipinski definition) is 1. The van der Waals surface area contributed by atoms with Gasteiger partial charge in [0.05, 0.1) is 3.79 Å². The number of nitrogens with two attached hydrogens (primary N) is 1. The van der Waals surface area contributed by atoms with Crippen molar-refractivity contribution in [1.82, 2.24) is 4.31 Å². The molecule has 1 aromatic rings. The summed E-state index contributed by atoms with van der Waals surface area (Å²) in [6, 6.07) is 3.34. The van der Waals surface area contributed by atoms with E-state index in [0.717, 1.165) is 16.6 Å². The minimum atomic E-state index is -3.38. The molecule has 1 aliphatic heterocycles. The van der Waals surface area contributed by atoms with Gasteiger partial charge >= 0.3 is 0 Å². The van der Waals surface area contributed by atoms with Crippen molar-refractivity contribution >= 4 is 37.3 Å². The van der Waals surface area contributed by atoms with Crippen molar-refractivity contribution in [2.45, 2.75) is 30.0 Å². The van der Waals surface area contributed by atoms with Crippen molar-refractivity contribution in [3.8, 4) is 0 Å². The molecule has 0 spiro atoms. The van der Waals surface area contributed by atoms with Crippen LogP contribution in [0.25, 0.3) is 0 Å². The largest absolute Gasteiger partial charge is 0.329 e. The second-order valence-electron chi connectivity index (χ2n) is 4.69. The topological polar surface area (TPSA) is 63.4 Å². The highest BCUT2D eigenvalue weighted by atomic mass is 79.9. The molecule has 0 aromatic carbocycles. The molecule has 18 heavy (non-hydrogen) atoms. The van der Waals surface area contributed by atoms with Gasteiger partial charge in [-0.1, -0.05) is 6.92 Å².